The van der Waals surface area contributed by atoms with Crippen LogP contribution in [-0.4, -0.2) is 22.7 Å². The minimum Gasteiger partial charge on any atom is -0.478 e. The van der Waals surface area contributed by atoms with Gasteiger partial charge in [-0.15, -0.1) is 0 Å². The molecule has 0 fully saturated rings. The van der Waals surface area contributed by atoms with E-state index in [1.807, 2.05) is 0 Å². The Morgan fingerprint density at radius 3 is 2.56 bits per heavy atom. The molecule has 0 amide bonds. The van der Waals surface area contributed by atoms with Crippen LogP contribution in [0.4, 0.5) is 0 Å². The molecule has 0 unspecified atom stereocenters. The second-order valence-electron chi connectivity index (χ2n) is 4.85. The van der Waals surface area contributed by atoms with E-state index in [0.29, 0.717) is 12.5 Å². The Morgan fingerprint density at radius 2 is 2.12 bits per heavy atom. The van der Waals surface area contributed by atoms with Gasteiger partial charge < -0.3 is 9.84 Å². The number of ether oxygens (including phenoxy) is 1. The Balaban J connectivity index is 2.47. The fourth-order valence-electron chi connectivity index (χ4n) is 1.05. The number of aromatic nitrogens is 1. The minimum absolute atomic E-state index is 0.170. The molecule has 1 N–H and O–H groups in total. The summed E-state index contributed by atoms with van der Waals surface area (Å²) < 4.78 is 5.41. The van der Waals surface area contributed by atoms with Crippen LogP contribution in [0.5, 0.6) is 5.88 Å². The molecular weight excluding hydrogens is 206 g/mol. The van der Waals surface area contributed by atoms with E-state index in [-0.39, 0.29) is 11.0 Å². The van der Waals surface area contributed by atoms with E-state index in [1.165, 1.54) is 12.3 Å². The third-order valence-corrected chi connectivity index (χ3v) is 2.09. The summed E-state index contributed by atoms with van der Waals surface area (Å²) in [6, 6.07) is 3.06. The summed E-state index contributed by atoms with van der Waals surface area (Å²) in [4.78, 5) is 14.5. The first-order valence-electron chi connectivity index (χ1n) is 5.21. The van der Waals surface area contributed by atoms with Crippen molar-refractivity contribution in [3.63, 3.8) is 0 Å². The van der Waals surface area contributed by atoms with E-state index >= 15 is 0 Å². The van der Waals surface area contributed by atoms with E-state index < -0.39 is 5.97 Å². The van der Waals surface area contributed by atoms with Crippen molar-refractivity contribution in [1.82, 2.24) is 4.98 Å². The van der Waals surface area contributed by atoms with E-state index in [9.17, 15) is 4.79 Å². The number of hydrogen-bond donors (Lipinski definition) is 1. The summed E-state index contributed by atoms with van der Waals surface area (Å²) >= 11 is 0. The summed E-state index contributed by atoms with van der Waals surface area (Å²) in [5.74, 6) is -0.511. The molecule has 1 rings (SSSR count). The average Bonchev–Trinajstić information content (AvgIpc) is 2.16. The fraction of sp³-hybridized carbons (Fsp3) is 0.500. The number of carbonyl (C=O) groups is 1. The second kappa shape index (κ2) is 4.96. The zero-order chi connectivity index (χ0) is 12.2. The van der Waals surface area contributed by atoms with Gasteiger partial charge in [-0.25, -0.2) is 9.78 Å². The fourth-order valence-corrected chi connectivity index (χ4v) is 1.05. The maximum Gasteiger partial charge on any atom is 0.337 e. The third-order valence-electron chi connectivity index (χ3n) is 2.09. The number of rotatable bonds is 4. The molecule has 0 saturated carbocycles. The molecular formula is C12H17NO3. The number of carboxylic acids is 1. The highest BCUT2D eigenvalue weighted by Gasteiger charge is 2.10. The molecule has 0 aliphatic carbocycles. The van der Waals surface area contributed by atoms with Crippen LogP contribution >= 0.6 is 0 Å². The van der Waals surface area contributed by atoms with Crippen molar-refractivity contribution < 1.29 is 14.6 Å². The molecule has 0 radical (unpaired) electrons. The first kappa shape index (κ1) is 12.5. The van der Waals surface area contributed by atoms with Crippen LogP contribution in [0.1, 0.15) is 37.6 Å². The monoisotopic (exact) mass is 223 g/mol. The zero-order valence-corrected chi connectivity index (χ0v) is 9.86. The van der Waals surface area contributed by atoms with Crippen LogP contribution in [0.25, 0.3) is 0 Å². The highest BCUT2D eigenvalue weighted by Crippen LogP contribution is 2.18. The predicted molar refractivity (Wildman–Crippen MR) is 60.8 cm³/mol. The van der Waals surface area contributed by atoms with Crippen molar-refractivity contribution in [3.05, 3.63) is 23.9 Å². The molecule has 0 atom stereocenters. The van der Waals surface area contributed by atoms with Gasteiger partial charge in [0.05, 0.1) is 12.2 Å². The van der Waals surface area contributed by atoms with E-state index in [0.717, 1.165) is 6.42 Å². The largest absolute Gasteiger partial charge is 0.478 e. The van der Waals surface area contributed by atoms with Crippen LogP contribution < -0.4 is 4.74 Å². The molecule has 1 heterocycles. The van der Waals surface area contributed by atoms with E-state index in [4.69, 9.17) is 9.84 Å². The molecule has 1 aromatic heterocycles. The zero-order valence-electron chi connectivity index (χ0n) is 9.86. The van der Waals surface area contributed by atoms with Gasteiger partial charge in [-0.05, 0) is 17.9 Å². The van der Waals surface area contributed by atoms with Crippen LogP contribution in [0.2, 0.25) is 0 Å². The predicted octanol–water partition coefficient (Wildman–Crippen LogP) is 2.59. The number of nitrogens with zero attached hydrogens (tertiary/aromatic N) is 1. The molecule has 1 aromatic rings. The normalized spacial score (nSPS) is 11.2. The van der Waals surface area contributed by atoms with Crippen molar-refractivity contribution in [2.45, 2.75) is 27.2 Å². The summed E-state index contributed by atoms with van der Waals surface area (Å²) in [5, 5.41) is 8.68. The summed E-state index contributed by atoms with van der Waals surface area (Å²) in [6.07, 6.45) is 2.23. The lowest BCUT2D eigenvalue weighted by Crippen LogP contribution is -2.11. The van der Waals surface area contributed by atoms with Crippen LogP contribution in [0.15, 0.2) is 18.3 Å². The van der Waals surface area contributed by atoms with Crippen LogP contribution in [0.3, 0.4) is 0 Å². The highest BCUT2D eigenvalue weighted by atomic mass is 16.5. The minimum atomic E-state index is -0.978. The number of pyridine rings is 1. The maximum atomic E-state index is 10.6. The molecule has 88 valence electrons. The van der Waals surface area contributed by atoms with Gasteiger partial charge >= 0.3 is 5.97 Å². The number of hydrogen-bond acceptors (Lipinski definition) is 3. The van der Waals surface area contributed by atoms with Gasteiger partial charge in [0, 0.05) is 12.3 Å². The lowest BCUT2D eigenvalue weighted by atomic mass is 9.93. The standard InChI is InChI=1S/C12H17NO3/c1-12(2,3)6-7-16-10-5-4-9(8-13-10)11(14)15/h4-5,8H,6-7H2,1-3H3,(H,14,15). The first-order valence-corrected chi connectivity index (χ1v) is 5.21. The number of aromatic carboxylic acids is 1. The SMILES string of the molecule is CC(C)(C)CCOc1ccc(C(=O)O)cn1. The molecule has 0 aliphatic rings. The summed E-state index contributed by atoms with van der Waals surface area (Å²) in [5.41, 5.74) is 0.393. The summed E-state index contributed by atoms with van der Waals surface area (Å²) in [6.45, 7) is 6.99. The molecule has 4 nitrogen and oxygen atoms in total. The van der Waals surface area contributed by atoms with Crippen molar-refractivity contribution in [2.75, 3.05) is 6.61 Å². The average molecular weight is 223 g/mol. The van der Waals surface area contributed by atoms with E-state index in [1.54, 1.807) is 6.07 Å². The van der Waals surface area contributed by atoms with Crippen LogP contribution in [-0.2, 0) is 0 Å². The van der Waals surface area contributed by atoms with Gasteiger partial charge in [0.2, 0.25) is 5.88 Å². The molecule has 0 spiro atoms. The first-order chi connectivity index (χ1) is 7.38. The topological polar surface area (TPSA) is 59.4 Å². The Labute approximate surface area is 95.3 Å². The van der Waals surface area contributed by atoms with Gasteiger partial charge in [-0.2, -0.15) is 0 Å². The van der Waals surface area contributed by atoms with Gasteiger partial charge in [-0.1, -0.05) is 20.8 Å². The van der Waals surface area contributed by atoms with Crippen molar-refractivity contribution in [1.29, 1.82) is 0 Å². The van der Waals surface area contributed by atoms with Crippen molar-refractivity contribution in [2.24, 2.45) is 5.41 Å². The maximum absolute atomic E-state index is 10.6. The smallest absolute Gasteiger partial charge is 0.337 e. The van der Waals surface area contributed by atoms with Crippen molar-refractivity contribution in [3.8, 4) is 5.88 Å². The molecule has 4 heteroatoms. The quantitative estimate of drug-likeness (QED) is 0.852. The Morgan fingerprint density at radius 1 is 1.44 bits per heavy atom. The molecule has 0 bridgehead atoms. The Kier molecular flexibility index (Phi) is 3.88. The molecule has 0 aromatic carbocycles. The van der Waals surface area contributed by atoms with Crippen molar-refractivity contribution >= 4 is 5.97 Å². The molecule has 16 heavy (non-hydrogen) atoms. The third kappa shape index (κ3) is 4.29. The number of carboxylic acid groups (broad SMARTS) is 1. The summed E-state index contributed by atoms with van der Waals surface area (Å²) in [7, 11) is 0. The second-order valence-corrected chi connectivity index (χ2v) is 4.85. The lowest BCUT2D eigenvalue weighted by molar-refractivity contribution is 0.0696. The van der Waals surface area contributed by atoms with Gasteiger partial charge in [-0.3, -0.25) is 0 Å². The highest BCUT2D eigenvalue weighted by molar-refractivity contribution is 5.87. The van der Waals surface area contributed by atoms with Gasteiger partial charge in [0.15, 0.2) is 0 Å². The molecule has 0 aliphatic heterocycles. The van der Waals surface area contributed by atoms with E-state index in [2.05, 4.69) is 25.8 Å². The molecule has 0 saturated heterocycles. The lowest BCUT2D eigenvalue weighted by Gasteiger charge is -2.17. The van der Waals surface area contributed by atoms with Gasteiger partial charge in [0.1, 0.15) is 0 Å². The van der Waals surface area contributed by atoms with Gasteiger partial charge in [0.25, 0.3) is 0 Å². The Bertz CT molecular complexity index is 352. The van der Waals surface area contributed by atoms with Crippen LogP contribution in [0, 0.1) is 5.41 Å². The Hall–Kier alpha value is -1.58.